The van der Waals surface area contributed by atoms with E-state index in [1.807, 2.05) is 24.3 Å². The number of rotatable bonds is 2. The van der Waals surface area contributed by atoms with Crippen LogP contribution in [0.15, 0.2) is 12.3 Å². The highest BCUT2D eigenvalue weighted by Gasteiger charge is 2.16. The number of fused-ring (bicyclic) bond motifs is 1. The van der Waals surface area contributed by atoms with E-state index in [1.54, 1.807) is 13.1 Å². The van der Waals surface area contributed by atoms with Crippen LogP contribution in [0.2, 0.25) is 0 Å². The van der Waals surface area contributed by atoms with E-state index in [4.69, 9.17) is 5.73 Å². The lowest BCUT2D eigenvalue weighted by molar-refractivity contribution is 0.149. The van der Waals surface area contributed by atoms with E-state index in [0.717, 1.165) is 17.2 Å². The first kappa shape index (κ1) is 11.0. The number of aliphatic hydroxyl groups excluding tert-OH is 1. The molecule has 2 heterocycles. The average molecular weight is 220 g/mol. The van der Waals surface area contributed by atoms with Gasteiger partial charge in [-0.15, -0.1) is 0 Å². The molecule has 0 aliphatic rings. The molecule has 0 aromatic carbocycles. The molecule has 0 aliphatic carbocycles. The lowest BCUT2D eigenvalue weighted by Crippen LogP contribution is -2.24. The van der Waals surface area contributed by atoms with Gasteiger partial charge in [0.2, 0.25) is 0 Å². The van der Waals surface area contributed by atoms with Gasteiger partial charge in [0.05, 0.1) is 5.69 Å². The average Bonchev–Trinajstić information content (AvgIpc) is 2.60. The highest BCUT2D eigenvalue weighted by molar-refractivity contribution is 5.42. The Kier molecular flexibility index (Phi) is 2.65. The van der Waals surface area contributed by atoms with Gasteiger partial charge in [0.25, 0.3) is 0 Å². The molecular weight excluding hydrogens is 204 g/mol. The fourth-order valence-corrected chi connectivity index (χ4v) is 1.71. The molecule has 0 amide bonds. The summed E-state index contributed by atoms with van der Waals surface area (Å²) in [5, 5.41) is 9.84. The summed E-state index contributed by atoms with van der Waals surface area (Å²) in [5.41, 5.74) is 7.94. The van der Waals surface area contributed by atoms with Gasteiger partial charge in [-0.3, -0.25) is 4.40 Å². The van der Waals surface area contributed by atoms with Gasteiger partial charge in [0, 0.05) is 24.0 Å². The summed E-state index contributed by atoms with van der Waals surface area (Å²) in [6.07, 6.45) is 1.05. The minimum Gasteiger partial charge on any atom is -0.385 e. The first-order valence-electron chi connectivity index (χ1n) is 5.26. The van der Waals surface area contributed by atoms with Gasteiger partial charge in [0.15, 0.2) is 0 Å². The number of imidazole rings is 1. The summed E-state index contributed by atoms with van der Waals surface area (Å²) < 4.78 is 1.86. The summed E-state index contributed by atoms with van der Waals surface area (Å²) in [7, 11) is 0. The predicted octanol–water partition coefficient (Wildman–Crippen LogP) is 0.727. The zero-order valence-electron chi connectivity index (χ0n) is 9.68. The molecule has 0 bridgehead atoms. The minimum absolute atomic E-state index is 0.334. The molecule has 2 rings (SSSR count). The van der Waals surface area contributed by atoms with Crippen LogP contribution in [-0.2, 0) is 0 Å². The van der Waals surface area contributed by atoms with E-state index in [9.17, 15) is 5.11 Å². The molecule has 0 radical (unpaired) electrons. The molecule has 86 valence electrons. The van der Waals surface area contributed by atoms with Crippen molar-refractivity contribution in [3.05, 3.63) is 29.5 Å². The molecule has 0 fully saturated rings. The van der Waals surface area contributed by atoms with Gasteiger partial charge < -0.3 is 10.8 Å². The van der Waals surface area contributed by atoms with Gasteiger partial charge in [-0.1, -0.05) is 0 Å². The van der Waals surface area contributed by atoms with Crippen molar-refractivity contribution in [2.24, 2.45) is 5.73 Å². The zero-order chi connectivity index (χ0) is 11.9. The van der Waals surface area contributed by atoms with Crippen molar-refractivity contribution in [1.29, 1.82) is 0 Å². The molecule has 2 aromatic rings. The maximum Gasteiger partial charge on any atom is 0.140 e. The van der Waals surface area contributed by atoms with Gasteiger partial charge in [-0.25, -0.2) is 9.97 Å². The van der Waals surface area contributed by atoms with Crippen LogP contribution in [0.3, 0.4) is 0 Å². The van der Waals surface area contributed by atoms with E-state index in [2.05, 4.69) is 9.97 Å². The van der Waals surface area contributed by atoms with E-state index in [0.29, 0.717) is 5.69 Å². The fourth-order valence-electron chi connectivity index (χ4n) is 1.71. The monoisotopic (exact) mass is 220 g/mol. The minimum atomic E-state index is -0.736. The Morgan fingerprint density at radius 1 is 1.38 bits per heavy atom. The van der Waals surface area contributed by atoms with Crippen LogP contribution in [0.4, 0.5) is 0 Å². The Morgan fingerprint density at radius 3 is 2.69 bits per heavy atom. The SMILES string of the molecule is Cc1cc2nc(C(O)C(C)N)cn2c(C)n1. The van der Waals surface area contributed by atoms with Crippen molar-refractivity contribution in [2.45, 2.75) is 32.9 Å². The molecule has 2 aromatic heterocycles. The first-order chi connectivity index (χ1) is 7.49. The topological polar surface area (TPSA) is 76.4 Å². The molecule has 5 nitrogen and oxygen atoms in total. The van der Waals surface area contributed by atoms with Crippen molar-refractivity contribution in [1.82, 2.24) is 14.4 Å². The molecule has 0 aliphatic heterocycles. The highest BCUT2D eigenvalue weighted by Crippen LogP contribution is 2.16. The van der Waals surface area contributed by atoms with Gasteiger partial charge in [-0.2, -0.15) is 0 Å². The van der Waals surface area contributed by atoms with E-state index >= 15 is 0 Å². The Balaban J connectivity index is 2.56. The molecule has 0 saturated heterocycles. The van der Waals surface area contributed by atoms with E-state index < -0.39 is 6.10 Å². The highest BCUT2D eigenvalue weighted by atomic mass is 16.3. The van der Waals surface area contributed by atoms with Crippen LogP contribution in [0.1, 0.15) is 30.2 Å². The molecule has 0 saturated carbocycles. The van der Waals surface area contributed by atoms with Gasteiger partial charge >= 0.3 is 0 Å². The summed E-state index contributed by atoms with van der Waals surface area (Å²) >= 11 is 0. The van der Waals surface area contributed by atoms with Crippen LogP contribution in [0, 0.1) is 13.8 Å². The number of hydrogen-bond acceptors (Lipinski definition) is 4. The normalized spacial score (nSPS) is 15.3. The van der Waals surface area contributed by atoms with Crippen LogP contribution < -0.4 is 5.73 Å². The number of aromatic nitrogens is 3. The molecular formula is C11H16N4O. The summed E-state index contributed by atoms with van der Waals surface area (Å²) in [4.78, 5) is 8.68. The molecule has 16 heavy (non-hydrogen) atoms. The second-order valence-corrected chi connectivity index (χ2v) is 4.14. The summed E-state index contributed by atoms with van der Waals surface area (Å²) in [6, 6.07) is 1.55. The number of aryl methyl sites for hydroxylation is 2. The lowest BCUT2D eigenvalue weighted by Gasteiger charge is -2.10. The van der Waals surface area contributed by atoms with Gasteiger partial charge in [0.1, 0.15) is 17.6 Å². The van der Waals surface area contributed by atoms with Crippen molar-refractivity contribution >= 4 is 5.65 Å². The third kappa shape index (κ3) is 1.79. The predicted molar refractivity (Wildman–Crippen MR) is 61.1 cm³/mol. The second kappa shape index (κ2) is 3.84. The Labute approximate surface area is 93.9 Å². The van der Waals surface area contributed by atoms with Crippen LogP contribution >= 0.6 is 0 Å². The largest absolute Gasteiger partial charge is 0.385 e. The van der Waals surface area contributed by atoms with Gasteiger partial charge in [-0.05, 0) is 20.8 Å². The van der Waals surface area contributed by atoms with Crippen LogP contribution in [-0.4, -0.2) is 25.5 Å². The number of nitrogens with two attached hydrogens (primary N) is 1. The Hall–Kier alpha value is -1.46. The van der Waals surface area contributed by atoms with Crippen molar-refractivity contribution in [3.8, 4) is 0 Å². The molecule has 5 heteroatoms. The number of nitrogens with zero attached hydrogens (tertiary/aromatic N) is 3. The Morgan fingerprint density at radius 2 is 2.06 bits per heavy atom. The summed E-state index contributed by atoms with van der Waals surface area (Å²) in [5.74, 6) is 0.852. The van der Waals surface area contributed by atoms with Crippen molar-refractivity contribution in [2.75, 3.05) is 0 Å². The molecule has 3 N–H and O–H groups in total. The quantitative estimate of drug-likeness (QED) is 0.782. The summed E-state index contributed by atoms with van der Waals surface area (Å²) in [6.45, 7) is 5.58. The van der Waals surface area contributed by atoms with Crippen LogP contribution in [0.5, 0.6) is 0 Å². The second-order valence-electron chi connectivity index (χ2n) is 4.14. The van der Waals surface area contributed by atoms with Crippen molar-refractivity contribution < 1.29 is 5.11 Å². The maximum atomic E-state index is 9.84. The number of hydrogen-bond donors (Lipinski definition) is 2. The van der Waals surface area contributed by atoms with Crippen LogP contribution in [0.25, 0.3) is 5.65 Å². The zero-order valence-corrected chi connectivity index (χ0v) is 9.68. The third-order valence-electron chi connectivity index (χ3n) is 2.58. The maximum absolute atomic E-state index is 9.84. The standard InChI is InChI=1S/C11H16N4O/c1-6-4-10-14-9(11(16)7(2)12)5-15(10)8(3)13-6/h4-5,7,11,16H,12H2,1-3H3. The van der Waals surface area contributed by atoms with E-state index in [1.165, 1.54) is 0 Å². The lowest BCUT2D eigenvalue weighted by atomic mass is 10.1. The van der Waals surface area contributed by atoms with Crippen molar-refractivity contribution in [3.63, 3.8) is 0 Å². The third-order valence-corrected chi connectivity index (χ3v) is 2.58. The molecule has 2 unspecified atom stereocenters. The number of aliphatic hydroxyl groups is 1. The van der Waals surface area contributed by atoms with E-state index in [-0.39, 0.29) is 6.04 Å². The fraction of sp³-hybridized carbons (Fsp3) is 0.455. The first-order valence-corrected chi connectivity index (χ1v) is 5.26. The molecule has 0 spiro atoms. The molecule has 2 atom stereocenters. The smallest absolute Gasteiger partial charge is 0.140 e. The Bertz CT molecular complexity index is 518.